The van der Waals surface area contributed by atoms with E-state index in [1.807, 2.05) is 36.4 Å². The fourth-order valence-electron chi connectivity index (χ4n) is 4.88. The van der Waals surface area contributed by atoms with Gasteiger partial charge in [-0.15, -0.1) is 0 Å². The standard InChI is InChI=1S/C29H32O2/c1-27(2,28(3)17-13-21(14-18-28)23-9-5-7-11-25(23)30)29(4)19-15-22(16-20-29)24-10-6-8-12-26(24)31/h5-17,19,30-31H,18,20H2,1-4H3. The molecule has 0 heterocycles. The predicted octanol–water partition coefficient (Wildman–Crippen LogP) is 7.52. The van der Waals surface area contributed by atoms with E-state index in [4.69, 9.17) is 0 Å². The fraction of sp³-hybridized carbons (Fsp3) is 0.310. The van der Waals surface area contributed by atoms with Crippen molar-refractivity contribution in [2.45, 2.75) is 40.5 Å². The summed E-state index contributed by atoms with van der Waals surface area (Å²) in [5, 5.41) is 20.5. The predicted molar refractivity (Wildman–Crippen MR) is 130 cm³/mol. The zero-order valence-corrected chi connectivity index (χ0v) is 18.9. The van der Waals surface area contributed by atoms with Gasteiger partial charge in [-0.05, 0) is 52.4 Å². The largest absolute Gasteiger partial charge is 0.507 e. The second kappa shape index (κ2) is 7.60. The fourth-order valence-corrected chi connectivity index (χ4v) is 4.88. The number of phenols is 2. The lowest BCUT2D eigenvalue weighted by Gasteiger charge is -2.54. The molecule has 2 aromatic rings. The Morgan fingerprint density at radius 3 is 1.39 bits per heavy atom. The minimum absolute atomic E-state index is 0.0193. The molecule has 0 aromatic heterocycles. The molecular weight excluding hydrogens is 380 g/mol. The van der Waals surface area contributed by atoms with Gasteiger partial charge < -0.3 is 10.2 Å². The van der Waals surface area contributed by atoms with Crippen molar-refractivity contribution in [2.75, 3.05) is 0 Å². The van der Waals surface area contributed by atoms with Gasteiger partial charge in [0.25, 0.3) is 0 Å². The van der Waals surface area contributed by atoms with Crippen LogP contribution in [-0.4, -0.2) is 10.2 Å². The summed E-state index contributed by atoms with van der Waals surface area (Å²) in [7, 11) is 0. The smallest absolute Gasteiger partial charge is 0.123 e. The van der Waals surface area contributed by atoms with Gasteiger partial charge in [-0.2, -0.15) is 0 Å². The summed E-state index contributed by atoms with van der Waals surface area (Å²) in [5.41, 5.74) is 3.86. The van der Waals surface area contributed by atoms with Gasteiger partial charge in [0.15, 0.2) is 0 Å². The van der Waals surface area contributed by atoms with E-state index >= 15 is 0 Å². The Morgan fingerprint density at radius 2 is 1.06 bits per heavy atom. The van der Waals surface area contributed by atoms with Crippen LogP contribution in [0.5, 0.6) is 11.5 Å². The molecule has 0 radical (unpaired) electrons. The first-order chi connectivity index (χ1) is 14.7. The van der Waals surface area contributed by atoms with Gasteiger partial charge in [-0.3, -0.25) is 0 Å². The minimum atomic E-state index is -0.0276. The van der Waals surface area contributed by atoms with Crippen LogP contribution in [0.4, 0.5) is 0 Å². The van der Waals surface area contributed by atoms with Gasteiger partial charge in [0.05, 0.1) is 0 Å². The normalized spacial score (nSPS) is 25.8. The average molecular weight is 413 g/mol. The molecule has 160 valence electrons. The van der Waals surface area contributed by atoms with Gasteiger partial charge in [-0.1, -0.05) is 101 Å². The van der Waals surface area contributed by atoms with Crippen molar-refractivity contribution in [3.8, 4) is 11.5 Å². The van der Waals surface area contributed by atoms with Crippen molar-refractivity contribution in [1.29, 1.82) is 0 Å². The van der Waals surface area contributed by atoms with Crippen LogP contribution in [0, 0.1) is 16.2 Å². The van der Waals surface area contributed by atoms with E-state index < -0.39 is 0 Å². The molecule has 31 heavy (non-hydrogen) atoms. The number of hydrogen-bond acceptors (Lipinski definition) is 2. The molecule has 2 heteroatoms. The number of aromatic hydroxyl groups is 2. The molecule has 2 aliphatic carbocycles. The third-order valence-electron chi connectivity index (χ3n) is 8.04. The summed E-state index contributed by atoms with van der Waals surface area (Å²) >= 11 is 0. The van der Waals surface area contributed by atoms with Crippen LogP contribution in [0.2, 0.25) is 0 Å². The number of benzene rings is 2. The number of hydrogen-bond donors (Lipinski definition) is 2. The van der Waals surface area contributed by atoms with Crippen molar-refractivity contribution in [3.05, 3.63) is 96.1 Å². The molecule has 0 saturated heterocycles. The monoisotopic (exact) mass is 412 g/mol. The summed E-state index contributed by atoms with van der Waals surface area (Å²) in [5.74, 6) is 0.649. The zero-order valence-electron chi connectivity index (χ0n) is 18.9. The second-order valence-corrected chi connectivity index (χ2v) is 9.89. The molecule has 4 rings (SSSR count). The second-order valence-electron chi connectivity index (χ2n) is 9.89. The van der Waals surface area contributed by atoms with Crippen LogP contribution >= 0.6 is 0 Å². The molecule has 0 saturated carbocycles. The molecule has 0 fully saturated rings. The molecule has 2 aliphatic rings. The van der Waals surface area contributed by atoms with Gasteiger partial charge >= 0.3 is 0 Å². The summed E-state index contributed by atoms with van der Waals surface area (Å²) in [6.45, 7) is 9.39. The van der Waals surface area contributed by atoms with Crippen LogP contribution in [0.15, 0.2) is 85.0 Å². The highest BCUT2D eigenvalue weighted by atomic mass is 16.3. The van der Waals surface area contributed by atoms with E-state index in [1.165, 1.54) is 0 Å². The Labute approximate surface area is 186 Å². The molecule has 0 bridgehead atoms. The molecule has 2 aromatic carbocycles. The van der Waals surface area contributed by atoms with Crippen LogP contribution in [0.1, 0.15) is 51.7 Å². The quantitative estimate of drug-likeness (QED) is 0.545. The highest BCUT2D eigenvalue weighted by Gasteiger charge is 2.50. The van der Waals surface area contributed by atoms with Gasteiger partial charge in [0.2, 0.25) is 0 Å². The summed E-state index contributed by atoms with van der Waals surface area (Å²) < 4.78 is 0. The number of phenolic OH excluding ortho intramolecular Hbond substituents is 2. The van der Waals surface area contributed by atoms with E-state index in [2.05, 4.69) is 64.2 Å². The van der Waals surface area contributed by atoms with E-state index in [1.54, 1.807) is 12.1 Å². The first-order valence-corrected chi connectivity index (χ1v) is 11.0. The summed E-state index contributed by atoms with van der Waals surface area (Å²) in [4.78, 5) is 0. The number of allylic oxidation sites excluding steroid dienone is 8. The Kier molecular flexibility index (Phi) is 5.21. The maximum Gasteiger partial charge on any atom is 0.123 e. The molecule has 2 nitrogen and oxygen atoms in total. The highest BCUT2D eigenvalue weighted by Crippen LogP contribution is 2.59. The maximum absolute atomic E-state index is 10.2. The Morgan fingerprint density at radius 1 is 0.677 bits per heavy atom. The van der Waals surface area contributed by atoms with Crippen molar-refractivity contribution < 1.29 is 10.2 Å². The third kappa shape index (κ3) is 3.54. The first kappa shape index (κ1) is 21.2. The van der Waals surface area contributed by atoms with E-state index in [-0.39, 0.29) is 16.2 Å². The SMILES string of the molecule is CC1(C(C)(C)C2(C)C=CC(c3ccccc3O)=CC2)C=CC(c2ccccc2O)=CC1. The number of rotatable bonds is 4. The van der Waals surface area contributed by atoms with Crippen molar-refractivity contribution in [1.82, 2.24) is 0 Å². The molecule has 2 N–H and O–H groups in total. The van der Waals surface area contributed by atoms with Crippen LogP contribution in [0.25, 0.3) is 11.1 Å². The molecule has 2 atom stereocenters. The molecular formula is C29H32O2. The van der Waals surface area contributed by atoms with Crippen LogP contribution in [-0.2, 0) is 0 Å². The first-order valence-electron chi connectivity index (χ1n) is 11.0. The lowest BCUT2D eigenvalue weighted by atomic mass is 9.50. The Hall–Kier alpha value is -3.00. The van der Waals surface area contributed by atoms with Crippen LogP contribution < -0.4 is 0 Å². The van der Waals surface area contributed by atoms with Crippen LogP contribution in [0.3, 0.4) is 0 Å². The summed E-state index contributed by atoms with van der Waals surface area (Å²) in [6.07, 6.45) is 15.3. The Balaban J connectivity index is 1.58. The minimum Gasteiger partial charge on any atom is -0.507 e. The molecule has 0 aliphatic heterocycles. The summed E-state index contributed by atoms with van der Waals surface area (Å²) in [6, 6.07) is 15.0. The highest BCUT2D eigenvalue weighted by molar-refractivity contribution is 5.79. The van der Waals surface area contributed by atoms with Gasteiger partial charge in [0, 0.05) is 11.1 Å². The van der Waals surface area contributed by atoms with Crippen molar-refractivity contribution in [3.63, 3.8) is 0 Å². The topological polar surface area (TPSA) is 40.5 Å². The average Bonchev–Trinajstić information content (AvgIpc) is 2.76. The number of para-hydroxylation sites is 2. The van der Waals surface area contributed by atoms with Gasteiger partial charge in [-0.25, -0.2) is 0 Å². The lowest BCUT2D eigenvalue weighted by molar-refractivity contribution is 0.0238. The Bertz CT molecular complexity index is 1030. The van der Waals surface area contributed by atoms with Crippen molar-refractivity contribution in [2.24, 2.45) is 16.2 Å². The van der Waals surface area contributed by atoms with Crippen molar-refractivity contribution >= 4 is 11.1 Å². The van der Waals surface area contributed by atoms with E-state index in [9.17, 15) is 10.2 Å². The lowest BCUT2D eigenvalue weighted by Crippen LogP contribution is -2.46. The van der Waals surface area contributed by atoms with Gasteiger partial charge in [0.1, 0.15) is 11.5 Å². The molecule has 2 unspecified atom stereocenters. The maximum atomic E-state index is 10.2. The molecule has 0 spiro atoms. The third-order valence-corrected chi connectivity index (χ3v) is 8.04. The zero-order chi connectivity index (χ0) is 22.3. The van der Waals surface area contributed by atoms with E-state index in [0.717, 1.165) is 35.1 Å². The molecule has 0 amide bonds. The van der Waals surface area contributed by atoms with E-state index in [0.29, 0.717) is 11.5 Å².